The van der Waals surface area contributed by atoms with E-state index >= 15 is 0 Å². The lowest BCUT2D eigenvalue weighted by molar-refractivity contribution is -0.136. The maximum atomic E-state index is 12.7. The summed E-state index contributed by atoms with van der Waals surface area (Å²) < 4.78 is 0. The van der Waals surface area contributed by atoms with Crippen LogP contribution in [0.2, 0.25) is 5.02 Å². The highest BCUT2D eigenvalue weighted by Crippen LogP contribution is 2.31. The van der Waals surface area contributed by atoms with Gasteiger partial charge in [0.2, 0.25) is 0 Å². The molecule has 5 heteroatoms. The van der Waals surface area contributed by atoms with Crippen LogP contribution < -0.4 is 5.32 Å². The Kier molecular flexibility index (Phi) is 4.64. The maximum Gasteiger partial charge on any atom is 0.278 e. The Morgan fingerprint density at radius 3 is 2.24 bits per heavy atom. The second-order valence-electron chi connectivity index (χ2n) is 6.04. The van der Waals surface area contributed by atoms with Crippen LogP contribution >= 0.6 is 11.6 Å². The Morgan fingerprint density at radius 2 is 1.64 bits per heavy atom. The third-order valence-corrected chi connectivity index (χ3v) is 4.65. The molecule has 25 heavy (non-hydrogen) atoms. The highest BCUT2D eigenvalue weighted by Gasteiger charge is 2.38. The first-order valence-electron chi connectivity index (χ1n) is 8.13. The van der Waals surface area contributed by atoms with E-state index in [1.54, 1.807) is 31.2 Å². The molecule has 0 atom stereocenters. The van der Waals surface area contributed by atoms with Gasteiger partial charge < -0.3 is 5.32 Å². The molecule has 2 aromatic carbocycles. The van der Waals surface area contributed by atoms with Crippen LogP contribution in [0.3, 0.4) is 0 Å². The first-order chi connectivity index (χ1) is 11.9. The van der Waals surface area contributed by atoms with Crippen molar-refractivity contribution in [3.8, 4) is 0 Å². The molecule has 2 amide bonds. The van der Waals surface area contributed by atoms with Gasteiger partial charge in [-0.1, -0.05) is 29.8 Å². The van der Waals surface area contributed by atoms with Gasteiger partial charge in [-0.2, -0.15) is 0 Å². The number of likely N-dealkylation sites (N-methyl/N-ethyl adjacent to an activating group) is 1. The molecule has 0 saturated carbocycles. The fourth-order valence-corrected chi connectivity index (χ4v) is 2.95. The van der Waals surface area contributed by atoms with Gasteiger partial charge in [0.1, 0.15) is 5.70 Å². The minimum atomic E-state index is -0.310. The summed E-state index contributed by atoms with van der Waals surface area (Å²) in [5.41, 5.74) is 4.41. The number of carbonyl (C=O) groups is 2. The molecule has 1 heterocycles. The molecule has 0 aromatic heterocycles. The second-order valence-corrected chi connectivity index (χ2v) is 6.47. The minimum Gasteiger partial charge on any atom is -0.350 e. The molecule has 4 nitrogen and oxygen atoms in total. The molecule has 2 aromatic rings. The number of imide groups is 1. The van der Waals surface area contributed by atoms with Crippen LogP contribution in [0.4, 0.5) is 5.69 Å². The first-order valence-corrected chi connectivity index (χ1v) is 8.51. The monoisotopic (exact) mass is 354 g/mol. The number of carbonyl (C=O) groups excluding carboxylic acids is 2. The van der Waals surface area contributed by atoms with Crippen molar-refractivity contribution in [3.05, 3.63) is 69.9 Å². The lowest BCUT2D eigenvalue weighted by atomic mass is 10.0. The maximum absolute atomic E-state index is 12.7. The fraction of sp³-hybridized carbons (Fsp3) is 0.200. The second kappa shape index (κ2) is 6.73. The van der Waals surface area contributed by atoms with Gasteiger partial charge in [0, 0.05) is 17.3 Å². The third kappa shape index (κ3) is 3.17. The standard InChI is InChI=1S/C20H19ClN2O2/c1-4-23-19(24)17(14-6-8-15(21)9-7-14)18(20(23)25)22-16-10-5-12(2)13(3)11-16/h5-11,22H,4H2,1-3H3. The van der Waals surface area contributed by atoms with Gasteiger partial charge in [-0.05, 0) is 61.7 Å². The Hall–Kier alpha value is -2.59. The molecular formula is C20H19ClN2O2. The molecule has 1 N–H and O–H groups in total. The third-order valence-electron chi connectivity index (χ3n) is 4.39. The van der Waals surface area contributed by atoms with E-state index in [0.29, 0.717) is 28.4 Å². The molecule has 0 aliphatic carbocycles. The molecule has 0 fully saturated rings. The first kappa shape index (κ1) is 17.2. The molecular weight excluding hydrogens is 336 g/mol. The summed E-state index contributed by atoms with van der Waals surface area (Å²) in [5.74, 6) is -0.600. The molecule has 0 radical (unpaired) electrons. The number of halogens is 1. The van der Waals surface area contributed by atoms with Crippen LogP contribution in [0.25, 0.3) is 5.57 Å². The average Bonchev–Trinajstić information content (AvgIpc) is 2.82. The van der Waals surface area contributed by atoms with Crippen LogP contribution in [0.1, 0.15) is 23.6 Å². The molecule has 1 aliphatic heterocycles. The van der Waals surface area contributed by atoms with E-state index in [-0.39, 0.29) is 11.8 Å². The summed E-state index contributed by atoms with van der Waals surface area (Å²) in [6.45, 7) is 6.15. The Balaban J connectivity index is 2.08. The lowest BCUT2D eigenvalue weighted by Gasteiger charge is -2.12. The number of benzene rings is 2. The van der Waals surface area contributed by atoms with E-state index in [0.717, 1.165) is 11.3 Å². The van der Waals surface area contributed by atoms with Crippen LogP contribution in [-0.2, 0) is 9.59 Å². The predicted octanol–water partition coefficient (Wildman–Crippen LogP) is 4.17. The van der Waals surface area contributed by atoms with E-state index in [1.165, 1.54) is 10.5 Å². The van der Waals surface area contributed by atoms with Crippen molar-refractivity contribution in [1.29, 1.82) is 0 Å². The van der Waals surface area contributed by atoms with Crippen LogP contribution in [0, 0.1) is 13.8 Å². The minimum absolute atomic E-state index is 0.291. The van der Waals surface area contributed by atoms with Crippen LogP contribution in [0.15, 0.2) is 48.2 Å². The van der Waals surface area contributed by atoms with Crippen LogP contribution in [0.5, 0.6) is 0 Å². The van der Waals surface area contributed by atoms with Crippen molar-refractivity contribution in [2.45, 2.75) is 20.8 Å². The zero-order valence-corrected chi connectivity index (χ0v) is 15.1. The number of anilines is 1. The van der Waals surface area contributed by atoms with E-state index in [1.807, 2.05) is 32.0 Å². The molecule has 0 spiro atoms. The lowest BCUT2D eigenvalue weighted by Crippen LogP contribution is -2.32. The summed E-state index contributed by atoms with van der Waals surface area (Å²) in [6.07, 6.45) is 0. The van der Waals surface area contributed by atoms with Gasteiger partial charge in [0.15, 0.2) is 0 Å². The fourth-order valence-electron chi connectivity index (χ4n) is 2.83. The van der Waals surface area contributed by atoms with Gasteiger partial charge >= 0.3 is 0 Å². The number of nitrogens with zero attached hydrogens (tertiary/aromatic N) is 1. The Bertz CT molecular complexity index is 885. The Labute approximate surface area is 152 Å². The van der Waals surface area contributed by atoms with Crippen molar-refractivity contribution in [2.24, 2.45) is 0 Å². The summed E-state index contributed by atoms with van der Waals surface area (Å²) in [7, 11) is 0. The molecule has 0 unspecified atom stereocenters. The van der Waals surface area contributed by atoms with Crippen molar-refractivity contribution < 1.29 is 9.59 Å². The van der Waals surface area contributed by atoms with E-state index in [9.17, 15) is 9.59 Å². The molecule has 0 bridgehead atoms. The summed E-state index contributed by atoms with van der Waals surface area (Å²) in [5, 5.41) is 3.73. The van der Waals surface area contributed by atoms with Gasteiger partial charge in [0.05, 0.1) is 5.57 Å². The highest BCUT2D eigenvalue weighted by atomic mass is 35.5. The number of hydrogen-bond acceptors (Lipinski definition) is 3. The van der Waals surface area contributed by atoms with E-state index in [4.69, 9.17) is 11.6 Å². The largest absolute Gasteiger partial charge is 0.350 e. The SMILES string of the molecule is CCN1C(=O)C(Nc2ccc(C)c(C)c2)=C(c2ccc(Cl)cc2)C1=O. The van der Waals surface area contributed by atoms with Crippen molar-refractivity contribution >= 4 is 34.7 Å². The summed E-state index contributed by atoms with van der Waals surface area (Å²) in [6, 6.07) is 12.8. The summed E-state index contributed by atoms with van der Waals surface area (Å²) >= 11 is 5.94. The molecule has 0 saturated heterocycles. The highest BCUT2D eigenvalue weighted by molar-refractivity contribution is 6.36. The topological polar surface area (TPSA) is 49.4 Å². The van der Waals surface area contributed by atoms with Gasteiger partial charge in [-0.3, -0.25) is 14.5 Å². The summed E-state index contributed by atoms with van der Waals surface area (Å²) in [4.78, 5) is 26.7. The van der Waals surface area contributed by atoms with Gasteiger partial charge in [-0.25, -0.2) is 0 Å². The predicted molar refractivity (Wildman–Crippen MR) is 100 cm³/mol. The number of amides is 2. The van der Waals surface area contributed by atoms with Gasteiger partial charge in [-0.15, -0.1) is 0 Å². The number of rotatable bonds is 4. The Morgan fingerprint density at radius 1 is 0.960 bits per heavy atom. The van der Waals surface area contributed by atoms with Crippen molar-refractivity contribution in [1.82, 2.24) is 4.90 Å². The normalized spacial score (nSPS) is 14.5. The quantitative estimate of drug-likeness (QED) is 0.838. The number of hydrogen-bond donors (Lipinski definition) is 1. The van der Waals surface area contributed by atoms with Gasteiger partial charge in [0.25, 0.3) is 11.8 Å². The van der Waals surface area contributed by atoms with Crippen molar-refractivity contribution in [2.75, 3.05) is 11.9 Å². The van der Waals surface area contributed by atoms with E-state index < -0.39 is 0 Å². The average molecular weight is 355 g/mol. The molecule has 1 aliphatic rings. The molecule has 3 rings (SSSR count). The van der Waals surface area contributed by atoms with E-state index in [2.05, 4.69) is 5.32 Å². The zero-order valence-electron chi connectivity index (χ0n) is 14.4. The zero-order chi connectivity index (χ0) is 18.1. The smallest absolute Gasteiger partial charge is 0.278 e. The number of nitrogens with one attached hydrogen (secondary N) is 1. The van der Waals surface area contributed by atoms with Crippen molar-refractivity contribution in [3.63, 3.8) is 0 Å². The molecule has 128 valence electrons. The number of aryl methyl sites for hydroxylation is 2. The van der Waals surface area contributed by atoms with Crippen LogP contribution in [-0.4, -0.2) is 23.3 Å².